The number of hydrogen-bond acceptors (Lipinski definition) is 9. The van der Waals surface area contributed by atoms with Gasteiger partial charge in [-0.3, -0.25) is 10.1 Å². The third kappa shape index (κ3) is 7.24. The van der Waals surface area contributed by atoms with Crippen molar-refractivity contribution in [1.29, 1.82) is 5.26 Å². The zero-order chi connectivity index (χ0) is 23.5. The Kier molecular flexibility index (Phi) is 9.11. The van der Waals surface area contributed by atoms with Crippen LogP contribution in [0.2, 0.25) is 0 Å². The second-order valence-corrected chi connectivity index (χ2v) is 8.34. The van der Waals surface area contributed by atoms with Gasteiger partial charge in [-0.05, 0) is 41.7 Å². The minimum Gasteiger partial charge on any atom is -0.493 e. The summed E-state index contributed by atoms with van der Waals surface area (Å²) < 4.78 is 20.8. The molecule has 0 unspecified atom stereocenters. The first kappa shape index (κ1) is 24.1. The molecule has 1 aromatic heterocycles. The fourth-order valence-corrected chi connectivity index (χ4v) is 3.90. The topological polar surface area (TPSA) is 106 Å². The lowest BCUT2D eigenvalue weighted by atomic mass is 10.1. The molecule has 0 aliphatic heterocycles. The number of amides is 1. The first-order chi connectivity index (χ1) is 16.1. The highest BCUT2D eigenvalue weighted by Gasteiger charge is 2.13. The summed E-state index contributed by atoms with van der Waals surface area (Å²) in [6.07, 6.45) is 1.51. The number of methoxy groups -OCH3 is 1. The molecule has 3 aromatic rings. The molecule has 8 nitrogen and oxygen atoms in total. The number of nitrogens with one attached hydrogen (secondary N) is 1. The smallest absolute Gasteiger partial charge is 0.268 e. The molecule has 0 saturated heterocycles. The summed E-state index contributed by atoms with van der Waals surface area (Å²) in [5, 5.41) is 13.0. The van der Waals surface area contributed by atoms with Crippen LogP contribution in [0.4, 0.5) is 5.13 Å². The van der Waals surface area contributed by atoms with Crippen LogP contribution in [0.3, 0.4) is 0 Å². The molecule has 33 heavy (non-hydrogen) atoms. The lowest BCUT2D eigenvalue weighted by Crippen LogP contribution is -2.13. The summed E-state index contributed by atoms with van der Waals surface area (Å²) in [5.41, 5.74) is 0.660. The molecule has 0 fully saturated rings. The lowest BCUT2D eigenvalue weighted by molar-refractivity contribution is -0.112. The zero-order valence-corrected chi connectivity index (χ0v) is 19.7. The summed E-state index contributed by atoms with van der Waals surface area (Å²) >= 11 is 2.56. The van der Waals surface area contributed by atoms with Crippen molar-refractivity contribution in [3.63, 3.8) is 0 Å². The zero-order valence-electron chi connectivity index (χ0n) is 18.1. The van der Waals surface area contributed by atoms with Crippen LogP contribution in [-0.4, -0.2) is 41.3 Å². The Morgan fingerprint density at radius 2 is 1.88 bits per heavy atom. The minimum atomic E-state index is -0.532. The number of benzene rings is 2. The Morgan fingerprint density at radius 3 is 2.58 bits per heavy atom. The number of thioether (sulfide) groups is 1. The van der Waals surface area contributed by atoms with Gasteiger partial charge in [0.05, 0.1) is 7.11 Å². The van der Waals surface area contributed by atoms with Gasteiger partial charge in [-0.25, -0.2) is 0 Å². The SMILES string of the molecule is CCSc1nsc(NC(=O)/C(C#N)=C\c2ccc(OCCOc3ccccc3OC)cc2)n1. The Balaban J connectivity index is 1.52. The second-order valence-electron chi connectivity index (χ2n) is 6.36. The van der Waals surface area contributed by atoms with Gasteiger partial charge in [0.1, 0.15) is 30.6 Å². The maximum Gasteiger partial charge on any atom is 0.268 e. The van der Waals surface area contributed by atoms with E-state index < -0.39 is 5.91 Å². The molecule has 0 atom stereocenters. The van der Waals surface area contributed by atoms with Gasteiger partial charge < -0.3 is 14.2 Å². The van der Waals surface area contributed by atoms with Gasteiger partial charge in [0, 0.05) is 11.5 Å². The van der Waals surface area contributed by atoms with Gasteiger partial charge in [0.25, 0.3) is 5.91 Å². The predicted octanol–water partition coefficient (Wildman–Crippen LogP) is 4.66. The largest absolute Gasteiger partial charge is 0.493 e. The van der Waals surface area contributed by atoms with Crippen LogP contribution in [0.5, 0.6) is 17.2 Å². The molecule has 1 heterocycles. The van der Waals surface area contributed by atoms with Gasteiger partial charge in [-0.2, -0.15) is 14.6 Å². The summed E-state index contributed by atoms with van der Waals surface area (Å²) in [6.45, 7) is 2.69. The highest BCUT2D eigenvalue weighted by atomic mass is 32.2. The number of aromatic nitrogens is 2. The minimum absolute atomic E-state index is 0.0335. The molecule has 2 aromatic carbocycles. The predicted molar refractivity (Wildman–Crippen MR) is 129 cm³/mol. The van der Waals surface area contributed by atoms with Crippen LogP contribution in [0.25, 0.3) is 6.08 Å². The quantitative estimate of drug-likeness (QED) is 0.182. The number of rotatable bonds is 11. The highest BCUT2D eigenvalue weighted by molar-refractivity contribution is 7.99. The summed E-state index contributed by atoms with van der Waals surface area (Å²) in [5.74, 6) is 2.27. The van der Waals surface area contributed by atoms with Crippen molar-refractivity contribution in [3.05, 3.63) is 59.7 Å². The number of ether oxygens (including phenoxy) is 3. The maximum atomic E-state index is 12.4. The second kappa shape index (κ2) is 12.5. The van der Waals surface area contributed by atoms with E-state index in [0.717, 1.165) is 17.3 Å². The van der Waals surface area contributed by atoms with E-state index in [1.54, 1.807) is 31.4 Å². The van der Waals surface area contributed by atoms with Gasteiger partial charge >= 0.3 is 0 Å². The van der Waals surface area contributed by atoms with Crippen LogP contribution in [0.15, 0.2) is 59.3 Å². The van der Waals surface area contributed by atoms with Gasteiger partial charge in [-0.1, -0.05) is 43.0 Å². The molecule has 170 valence electrons. The van der Waals surface area contributed by atoms with Crippen molar-refractivity contribution in [2.45, 2.75) is 12.1 Å². The third-order valence-corrected chi connectivity index (χ3v) is 5.61. The molecule has 3 rings (SSSR count). The Labute approximate surface area is 200 Å². The molecule has 0 saturated carbocycles. The standard InChI is InChI=1S/C23H22N4O4S2/c1-3-32-23-26-22(33-27-23)25-21(28)17(15-24)14-16-8-10-18(11-9-16)30-12-13-31-20-7-5-4-6-19(20)29-2/h4-11,14H,3,12-13H2,1-2H3,(H,25,26,27,28)/b17-14-. The lowest BCUT2D eigenvalue weighted by Gasteiger charge is -2.11. The Hall–Kier alpha value is -3.55. The molecular weight excluding hydrogens is 460 g/mol. The molecule has 0 bridgehead atoms. The molecule has 1 N–H and O–H groups in total. The van der Waals surface area contributed by atoms with Crippen LogP contribution < -0.4 is 19.5 Å². The Bertz CT molecular complexity index is 1140. The fourth-order valence-electron chi connectivity index (χ4n) is 2.64. The molecule has 0 radical (unpaired) electrons. The van der Waals surface area contributed by atoms with Gasteiger partial charge in [0.2, 0.25) is 10.3 Å². The highest BCUT2D eigenvalue weighted by Crippen LogP contribution is 2.25. The third-order valence-electron chi connectivity index (χ3n) is 4.14. The van der Waals surface area contributed by atoms with Crippen molar-refractivity contribution in [1.82, 2.24) is 9.36 Å². The van der Waals surface area contributed by atoms with Crippen molar-refractivity contribution in [2.24, 2.45) is 0 Å². The average molecular weight is 483 g/mol. The average Bonchev–Trinajstić information content (AvgIpc) is 3.28. The molecule has 10 heteroatoms. The number of nitrogens with zero attached hydrogens (tertiary/aromatic N) is 3. The van der Waals surface area contributed by atoms with E-state index in [2.05, 4.69) is 14.7 Å². The number of hydrogen-bond donors (Lipinski definition) is 1. The van der Waals surface area contributed by atoms with E-state index in [4.69, 9.17) is 14.2 Å². The van der Waals surface area contributed by atoms with E-state index in [1.165, 1.54) is 17.8 Å². The van der Waals surface area contributed by atoms with Crippen LogP contribution in [-0.2, 0) is 4.79 Å². The molecule has 0 spiro atoms. The van der Waals surface area contributed by atoms with E-state index in [-0.39, 0.29) is 5.57 Å². The summed E-state index contributed by atoms with van der Waals surface area (Å²) in [6, 6.07) is 16.4. The van der Waals surface area contributed by atoms with Crippen molar-refractivity contribution >= 4 is 40.4 Å². The number of carbonyl (C=O) groups is 1. The van der Waals surface area contributed by atoms with Crippen LogP contribution >= 0.6 is 23.3 Å². The first-order valence-corrected chi connectivity index (χ1v) is 11.8. The number of carbonyl (C=O) groups excluding carboxylic acids is 1. The van der Waals surface area contributed by atoms with Crippen molar-refractivity contribution in [2.75, 3.05) is 31.4 Å². The van der Waals surface area contributed by atoms with Crippen LogP contribution in [0.1, 0.15) is 12.5 Å². The number of anilines is 1. The van der Waals surface area contributed by atoms with Crippen LogP contribution in [0, 0.1) is 11.3 Å². The monoisotopic (exact) mass is 482 g/mol. The van der Waals surface area contributed by atoms with E-state index in [0.29, 0.717) is 46.3 Å². The molecule has 0 aliphatic carbocycles. The Morgan fingerprint density at radius 1 is 1.15 bits per heavy atom. The summed E-state index contributed by atoms with van der Waals surface area (Å²) in [4.78, 5) is 16.6. The number of nitriles is 1. The van der Waals surface area contributed by atoms with E-state index >= 15 is 0 Å². The van der Waals surface area contributed by atoms with Crippen molar-refractivity contribution < 1.29 is 19.0 Å². The molecular formula is C23H22N4O4S2. The van der Waals surface area contributed by atoms with Crippen molar-refractivity contribution in [3.8, 4) is 23.3 Å². The van der Waals surface area contributed by atoms with Gasteiger partial charge in [0.15, 0.2) is 11.5 Å². The summed E-state index contributed by atoms with van der Waals surface area (Å²) in [7, 11) is 1.59. The normalized spacial score (nSPS) is 10.9. The molecule has 0 aliphatic rings. The fraction of sp³-hybridized carbons (Fsp3) is 0.217. The van der Waals surface area contributed by atoms with E-state index in [1.807, 2.05) is 37.3 Å². The first-order valence-electron chi connectivity index (χ1n) is 10.0. The maximum absolute atomic E-state index is 12.4. The number of para-hydroxylation sites is 2. The van der Waals surface area contributed by atoms with E-state index in [9.17, 15) is 10.1 Å². The van der Waals surface area contributed by atoms with Gasteiger partial charge in [-0.15, -0.1) is 0 Å². The molecule has 1 amide bonds.